The van der Waals surface area contributed by atoms with E-state index in [9.17, 15) is 19.4 Å². The van der Waals surface area contributed by atoms with Gasteiger partial charge in [0, 0.05) is 10.8 Å². The largest absolute Gasteiger partial charge is 0.495 e. The number of rotatable bonds is 22. The lowest BCUT2D eigenvalue weighted by Crippen LogP contribution is -2.41. The average Bonchev–Trinajstić information content (AvgIpc) is 3.62. The molecule has 1 saturated heterocycles. The normalized spacial score (nSPS) is 14.7. The van der Waals surface area contributed by atoms with Gasteiger partial charge < -0.3 is 24.3 Å². The Labute approximate surface area is 453 Å². The van der Waals surface area contributed by atoms with Crippen LogP contribution in [0.2, 0.25) is 0 Å². The smallest absolute Gasteiger partial charge is 0.469 e. The minimum Gasteiger partial charge on any atom is -0.469 e. The quantitative estimate of drug-likeness (QED) is 0.0531. The molecular formula is C67H94BFO6. The Hall–Kier alpha value is -4.60. The summed E-state index contributed by atoms with van der Waals surface area (Å²) in [6, 6.07) is 32.3. The van der Waals surface area contributed by atoms with Gasteiger partial charge in [-0.1, -0.05) is 146 Å². The number of halogens is 1. The first kappa shape index (κ1) is 61.3. The molecule has 2 N–H and O–H groups in total. The SMILES string of the molecule is CCC(O)(CC)CCc1ccc(C(CC)(CC)c2ccc(-c3ccc(CC(=O)OC)c(F)c3)c(C)c2)cc1C.CCC(O)(CC)CCc1ccc(C(CC)(CC)c2ccc(B3OC(C)(C)C(C)(C)O3)c(C)c2)cc1C. The number of esters is 1. The van der Waals surface area contributed by atoms with Crippen molar-refractivity contribution in [2.24, 2.45) is 0 Å². The number of methoxy groups -OCH3 is 1. The second-order valence-electron chi connectivity index (χ2n) is 23.0. The third-order valence-electron chi connectivity index (χ3n) is 18.6. The minimum atomic E-state index is -0.592. The molecule has 1 fully saturated rings. The van der Waals surface area contributed by atoms with Crippen LogP contribution in [0.4, 0.5) is 4.39 Å². The van der Waals surface area contributed by atoms with E-state index in [0.29, 0.717) is 5.56 Å². The fraction of sp³-hybridized carbons (Fsp3) is 0.537. The Morgan fingerprint density at radius 2 is 0.920 bits per heavy atom. The van der Waals surface area contributed by atoms with E-state index in [1.54, 1.807) is 6.07 Å². The molecule has 0 saturated carbocycles. The molecule has 75 heavy (non-hydrogen) atoms. The molecular weight excluding hydrogens is 931 g/mol. The van der Waals surface area contributed by atoms with E-state index in [2.05, 4.69) is 188 Å². The molecule has 0 bridgehead atoms. The molecule has 8 heteroatoms. The third kappa shape index (κ3) is 13.4. The lowest BCUT2D eigenvalue weighted by Gasteiger charge is -2.34. The second kappa shape index (κ2) is 25.3. The van der Waals surface area contributed by atoms with Gasteiger partial charge >= 0.3 is 13.1 Å². The second-order valence-corrected chi connectivity index (χ2v) is 23.0. The van der Waals surface area contributed by atoms with E-state index in [1.165, 1.54) is 63.2 Å². The molecule has 1 heterocycles. The van der Waals surface area contributed by atoms with Crippen molar-refractivity contribution in [2.45, 2.75) is 227 Å². The van der Waals surface area contributed by atoms with Crippen molar-refractivity contribution in [3.63, 3.8) is 0 Å². The lowest BCUT2D eigenvalue weighted by molar-refractivity contribution is -0.139. The van der Waals surface area contributed by atoms with Gasteiger partial charge in [0.25, 0.3) is 0 Å². The Morgan fingerprint density at radius 3 is 1.28 bits per heavy atom. The maximum atomic E-state index is 14.8. The molecule has 0 aromatic heterocycles. The summed E-state index contributed by atoms with van der Waals surface area (Å²) in [5, 5.41) is 21.5. The number of carbonyl (C=O) groups excluding carboxylic acids is 1. The van der Waals surface area contributed by atoms with Gasteiger partial charge in [0.05, 0.1) is 35.9 Å². The van der Waals surface area contributed by atoms with Gasteiger partial charge in [0.2, 0.25) is 0 Å². The molecule has 408 valence electrons. The average molecular weight is 1030 g/mol. The van der Waals surface area contributed by atoms with E-state index in [0.717, 1.165) is 99.2 Å². The van der Waals surface area contributed by atoms with Gasteiger partial charge in [-0.15, -0.1) is 0 Å². The first-order valence-electron chi connectivity index (χ1n) is 28.4. The predicted octanol–water partition coefficient (Wildman–Crippen LogP) is 15.6. The number of benzene rings is 5. The summed E-state index contributed by atoms with van der Waals surface area (Å²) in [5.74, 6) is -0.853. The molecule has 1 aliphatic heterocycles. The zero-order valence-electron chi connectivity index (χ0n) is 49.3. The summed E-state index contributed by atoms with van der Waals surface area (Å²) in [6.45, 7) is 34.4. The molecule has 0 radical (unpaired) electrons. The van der Waals surface area contributed by atoms with E-state index in [1.807, 2.05) is 6.07 Å². The van der Waals surface area contributed by atoms with E-state index >= 15 is 0 Å². The molecule has 6 rings (SSSR count). The molecule has 0 unspecified atom stereocenters. The van der Waals surface area contributed by atoms with Crippen LogP contribution in [-0.2, 0) is 48.9 Å². The Balaban J connectivity index is 0.000000278. The first-order valence-corrected chi connectivity index (χ1v) is 28.4. The molecule has 5 aromatic rings. The predicted molar refractivity (Wildman–Crippen MR) is 312 cm³/mol. The van der Waals surface area contributed by atoms with E-state index in [4.69, 9.17) is 9.31 Å². The van der Waals surface area contributed by atoms with Crippen molar-refractivity contribution in [1.82, 2.24) is 0 Å². The van der Waals surface area contributed by atoms with Gasteiger partial charge in [-0.05, 0) is 211 Å². The summed E-state index contributed by atoms with van der Waals surface area (Å²) >= 11 is 0. The number of aliphatic hydroxyl groups is 2. The van der Waals surface area contributed by atoms with Crippen LogP contribution in [0.3, 0.4) is 0 Å². The zero-order chi connectivity index (χ0) is 55.7. The lowest BCUT2D eigenvalue weighted by atomic mass is 9.67. The minimum absolute atomic E-state index is 0.0455. The van der Waals surface area contributed by atoms with Gasteiger partial charge in [-0.2, -0.15) is 0 Å². The van der Waals surface area contributed by atoms with Crippen molar-refractivity contribution in [3.05, 3.63) is 158 Å². The van der Waals surface area contributed by atoms with Crippen LogP contribution >= 0.6 is 0 Å². The Morgan fingerprint density at radius 1 is 0.533 bits per heavy atom. The van der Waals surface area contributed by atoms with Crippen molar-refractivity contribution >= 4 is 18.6 Å². The van der Waals surface area contributed by atoms with Gasteiger partial charge in [-0.25, -0.2) is 4.39 Å². The van der Waals surface area contributed by atoms with Crippen LogP contribution in [-0.4, -0.2) is 52.8 Å². The van der Waals surface area contributed by atoms with Gasteiger partial charge in [0.1, 0.15) is 5.82 Å². The van der Waals surface area contributed by atoms with Gasteiger partial charge in [-0.3, -0.25) is 4.79 Å². The molecule has 5 aromatic carbocycles. The van der Waals surface area contributed by atoms with Crippen molar-refractivity contribution in [1.29, 1.82) is 0 Å². The first-order chi connectivity index (χ1) is 35.3. The topological polar surface area (TPSA) is 85.2 Å². The van der Waals surface area contributed by atoms with Gasteiger partial charge in [0.15, 0.2) is 0 Å². The molecule has 0 aliphatic carbocycles. The Kier molecular flexibility index (Phi) is 20.6. The molecule has 0 atom stereocenters. The van der Waals surface area contributed by atoms with E-state index in [-0.39, 0.29) is 35.6 Å². The number of hydrogen-bond donors (Lipinski definition) is 2. The van der Waals surface area contributed by atoms with Crippen molar-refractivity contribution in [2.75, 3.05) is 7.11 Å². The van der Waals surface area contributed by atoms with Crippen LogP contribution in [0.25, 0.3) is 11.1 Å². The monoisotopic (exact) mass is 1020 g/mol. The summed E-state index contributed by atoms with van der Waals surface area (Å²) in [6.07, 6.45) is 10.4. The van der Waals surface area contributed by atoms with Crippen LogP contribution in [0.5, 0.6) is 0 Å². The number of ether oxygens (including phenoxy) is 1. The maximum absolute atomic E-state index is 14.8. The van der Waals surface area contributed by atoms with E-state index < -0.39 is 23.0 Å². The number of aryl methyl sites for hydroxylation is 6. The summed E-state index contributed by atoms with van der Waals surface area (Å²) in [7, 11) is 0.968. The van der Waals surface area contributed by atoms with Crippen molar-refractivity contribution < 1.29 is 33.4 Å². The summed E-state index contributed by atoms with van der Waals surface area (Å²) in [4.78, 5) is 11.6. The number of carbonyl (C=O) groups is 1. The highest BCUT2D eigenvalue weighted by Gasteiger charge is 2.52. The third-order valence-corrected chi connectivity index (χ3v) is 18.6. The fourth-order valence-corrected chi connectivity index (χ4v) is 11.5. The van der Waals surface area contributed by atoms with Crippen molar-refractivity contribution in [3.8, 4) is 11.1 Å². The maximum Gasteiger partial charge on any atom is 0.495 e. The van der Waals surface area contributed by atoms with Crippen LogP contribution in [0, 0.1) is 33.5 Å². The highest BCUT2D eigenvalue weighted by molar-refractivity contribution is 6.62. The van der Waals surface area contributed by atoms with Crippen LogP contribution in [0.15, 0.2) is 91.0 Å². The molecule has 0 spiro atoms. The standard InChI is InChI=1S/C35H45FO3.C32H49BO3/c1-8-34(38,9-2)19-18-26-14-15-29(20-24(26)5)35(10-3,11-4)30-16-17-31(25(6)21-30)27-12-13-28(32(36)22-27)23-33(37)39-7;1-11-31(34,12-2)20-19-25-15-16-26(21-23(25)5)32(13-3,14-4)27-17-18-28(24(6)22-27)33-35-29(7,8)30(9,10)36-33/h12-17,20-22,38H,8-11,18-19,23H2,1-7H3;15-18,21-22,34H,11-14,19-20H2,1-10H3. The molecule has 1 aliphatic rings. The summed E-state index contributed by atoms with van der Waals surface area (Å²) in [5.41, 5.74) is 14.0. The summed E-state index contributed by atoms with van der Waals surface area (Å²) < 4.78 is 32.1. The fourth-order valence-electron chi connectivity index (χ4n) is 11.5. The zero-order valence-corrected chi connectivity index (χ0v) is 49.3. The molecule has 6 nitrogen and oxygen atoms in total. The van der Waals surface area contributed by atoms with Crippen LogP contribution in [0.1, 0.15) is 208 Å². The Bertz CT molecular complexity index is 2690. The highest BCUT2D eigenvalue weighted by Crippen LogP contribution is 2.43. The number of hydrogen-bond acceptors (Lipinski definition) is 6. The highest BCUT2D eigenvalue weighted by atomic mass is 19.1. The molecule has 0 amide bonds. The van der Waals surface area contributed by atoms with Crippen LogP contribution < -0.4 is 5.46 Å².